The number of halogens is 2. The van der Waals surface area contributed by atoms with Gasteiger partial charge in [-0.15, -0.1) is 0 Å². The average Bonchev–Trinajstić information content (AvgIpc) is 3.19. The van der Waals surface area contributed by atoms with Crippen LogP contribution in [0.15, 0.2) is 30.9 Å². The number of hydrogen-bond donors (Lipinski definition) is 1. The molecule has 0 unspecified atom stereocenters. The van der Waals surface area contributed by atoms with Crippen molar-refractivity contribution in [2.45, 2.75) is 25.4 Å². The quantitative estimate of drug-likeness (QED) is 0.904. The summed E-state index contributed by atoms with van der Waals surface area (Å²) in [5.74, 6) is -0.433. The van der Waals surface area contributed by atoms with E-state index in [1.54, 1.807) is 23.1 Å². The van der Waals surface area contributed by atoms with E-state index in [2.05, 4.69) is 20.3 Å². The van der Waals surface area contributed by atoms with Crippen LogP contribution in [0.2, 0.25) is 5.02 Å². The Morgan fingerprint density at radius 3 is 3.09 bits per heavy atom. The largest absolute Gasteiger partial charge is 0.369 e. The van der Waals surface area contributed by atoms with Gasteiger partial charge in [0.2, 0.25) is 5.91 Å². The molecule has 1 aliphatic heterocycles. The van der Waals surface area contributed by atoms with Crippen LogP contribution < -0.4 is 10.2 Å². The van der Waals surface area contributed by atoms with Gasteiger partial charge < -0.3 is 10.2 Å². The molecule has 3 rings (SSSR count). The molecule has 2 aromatic rings. The Kier molecular flexibility index (Phi) is 4.76. The zero-order chi connectivity index (χ0) is 16.2. The van der Waals surface area contributed by atoms with Crippen molar-refractivity contribution < 1.29 is 9.18 Å². The molecule has 122 valence electrons. The molecule has 0 saturated carbocycles. The predicted molar refractivity (Wildman–Crippen MR) is 84.8 cm³/mol. The number of carbonyl (C=O) groups is 1. The molecule has 6 nitrogen and oxygen atoms in total. The Morgan fingerprint density at radius 1 is 1.48 bits per heavy atom. The molecule has 1 aromatic heterocycles. The first-order valence-corrected chi connectivity index (χ1v) is 7.81. The molecule has 0 radical (unpaired) electrons. The predicted octanol–water partition coefficient (Wildman–Crippen LogP) is 1.86. The second kappa shape index (κ2) is 6.95. The van der Waals surface area contributed by atoms with Crippen molar-refractivity contribution in [2.24, 2.45) is 0 Å². The minimum Gasteiger partial charge on any atom is -0.369 e. The number of benzene rings is 1. The van der Waals surface area contributed by atoms with Gasteiger partial charge in [-0.25, -0.2) is 9.37 Å². The molecule has 0 aliphatic carbocycles. The van der Waals surface area contributed by atoms with Gasteiger partial charge in [-0.1, -0.05) is 11.6 Å². The number of aryl methyl sites for hydroxylation is 1. The highest BCUT2D eigenvalue weighted by molar-refractivity contribution is 6.31. The molecule has 0 spiro atoms. The normalized spacial score (nSPS) is 17.5. The highest BCUT2D eigenvalue weighted by Gasteiger charge is 2.24. The van der Waals surface area contributed by atoms with Gasteiger partial charge >= 0.3 is 0 Å². The summed E-state index contributed by atoms with van der Waals surface area (Å²) in [5, 5.41) is 7.09. The molecule has 1 N–H and O–H groups in total. The van der Waals surface area contributed by atoms with Crippen LogP contribution >= 0.6 is 11.6 Å². The number of nitrogens with one attached hydrogen (secondary N) is 1. The van der Waals surface area contributed by atoms with E-state index in [1.807, 2.05) is 0 Å². The van der Waals surface area contributed by atoms with Gasteiger partial charge in [-0.05, 0) is 24.6 Å². The molecule has 1 aromatic carbocycles. The maximum atomic E-state index is 13.2. The number of nitrogens with zero attached hydrogens (tertiary/aromatic N) is 4. The molecule has 1 fully saturated rings. The lowest BCUT2D eigenvalue weighted by molar-refractivity contribution is -0.121. The van der Waals surface area contributed by atoms with Crippen LogP contribution in [-0.4, -0.2) is 39.8 Å². The summed E-state index contributed by atoms with van der Waals surface area (Å²) in [6.45, 7) is 2.00. The van der Waals surface area contributed by atoms with E-state index in [-0.39, 0.29) is 17.0 Å². The summed E-state index contributed by atoms with van der Waals surface area (Å²) in [5.41, 5.74) is 0.871. The number of hydrogen-bond acceptors (Lipinski definition) is 4. The SMILES string of the molecule is O=C(CCn1cncn1)N[C@@H]1CCN(c2ccc(F)c(Cl)c2)C1. The minimum absolute atomic E-state index is 0.00973. The molecule has 0 bridgehead atoms. The third-order valence-electron chi connectivity index (χ3n) is 3.86. The fourth-order valence-corrected chi connectivity index (χ4v) is 2.83. The Hall–Kier alpha value is -2.15. The van der Waals surface area contributed by atoms with Crippen molar-refractivity contribution in [3.05, 3.63) is 41.7 Å². The fraction of sp³-hybridized carbons (Fsp3) is 0.400. The number of carbonyl (C=O) groups excluding carboxylic acids is 1. The minimum atomic E-state index is -0.424. The molecular formula is C15H17ClFN5O. The third kappa shape index (κ3) is 3.98. The highest BCUT2D eigenvalue weighted by Crippen LogP contribution is 2.25. The van der Waals surface area contributed by atoms with E-state index >= 15 is 0 Å². The molecule has 1 aliphatic rings. The highest BCUT2D eigenvalue weighted by atomic mass is 35.5. The first-order chi connectivity index (χ1) is 11.1. The maximum Gasteiger partial charge on any atom is 0.222 e. The van der Waals surface area contributed by atoms with Gasteiger partial charge in [0.15, 0.2) is 0 Å². The first kappa shape index (κ1) is 15.7. The summed E-state index contributed by atoms with van der Waals surface area (Å²) < 4.78 is 14.8. The Labute approximate surface area is 138 Å². The van der Waals surface area contributed by atoms with E-state index in [4.69, 9.17) is 11.6 Å². The van der Waals surface area contributed by atoms with E-state index in [9.17, 15) is 9.18 Å². The van der Waals surface area contributed by atoms with Crippen LogP contribution in [-0.2, 0) is 11.3 Å². The average molecular weight is 338 g/mol. The van der Waals surface area contributed by atoms with Crippen molar-refractivity contribution in [2.75, 3.05) is 18.0 Å². The summed E-state index contributed by atoms with van der Waals surface area (Å²) >= 11 is 5.82. The Balaban J connectivity index is 1.49. The van der Waals surface area contributed by atoms with Crippen LogP contribution in [0.5, 0.6) is 0 Å². The van der Waals surface area contributed by atoms with Crippen LogP contribution in [0, 0.1) is 5.82 Å². The van der Waals surface area contributed by atoms with Crippen molar-refractivity contribution >= 4 is 23.2 Å². The Morgan fingerprint density at radius 2 is 2.35 bits per heavy atom. The summed E-state index contributed by atoms with van der Waals surface area (Å²) in [6, 6.07) is 4.77. The molecule has 1 amide bonds. The zero-order valence-corrected chi connectivity index (χ0v) is 13.2. The first-order valence-electron chi connectivity index (χ1n) is 7.43. The lowest BCUT2D eigenvalue weighted by Crippen LogP contribution is -2.37. The lowest BCUT2D eigenvalue weighted by Gasteiger charge is -2.19. The molecule has 8 heteroatoms. The van der Waals surface area contributed by atoms with Crippen molar-refractivity contribution in [3.8, 4) is 0 Å². The number of rotatable bonds is 5. The van der Waals surface area contributed by atoms with Crippen molar-refractivity contribution in [1.29, 1.82) is 0 Å². The van der Waals surface area contributed by atoms with Crippen molar-refractivity contribution in [1.82, 2.24) is 20.1 Å². The third-order valence-corrected chi connectivity index (χ3v) is 4.15. The molecule has 1 atom stereocenters. The Bertz CT molecular complexity index is 679. The zero-order valence-electron chi connectivity index (χ0n) is 12.5. The van der Waals surface area contributed by atoms with Crippen LogP contribution in [0.25, 0.3) is 0 Å². The van der Waals surface area contributed by atoms with Gasteiger partial charge in [-0.3, -0.25) is 9.48 Å². The second-order valence-electron chi connectivity index (χ2n) is 5.51. The van der Waals surface area contributed by atoms with Gasteiger partial charge in [0.05, 0.1) is 11.6 Å². The van der Waals surface area contributed by atoms with Gasteiger partial charge in [0.1, 0.15) is 18.5 Å². The molecule has 1 saturated heterocycles. The molecule has 2 heterocycles. The summed E-state index contributed by atoms with van der Waals surface area (Å²) in [7, 11) is 0. The molecular weight excluding hydrogens is 321 g/mol. The van der Waals surface area contributed by atoms with Crippen LogP contribution in [0.4, 0.5) is 10.1 Å². The van der Waals surface area contributed by atoms with E-state index in [0.29, 0.717) is 19.5 Å². The fourth-order valence-electron chi connectivity index (χ4n) is 2.66. The van der Waals surface area contributed by atoms with Gasteiger partial charge in [0.25, 0.3) is 0 Å². The smallest absolute Gasteiger partial charge is 0.222 e. The van der Waals surface area contributed by atoms with Crippen LogP contribution in [0.1, 0.15) is 12.8 Å². The topological polar surface area (TPSA) is 63.1 Å². The number of anilines is 1. The van der Waals surface area contributed by atoms with Gasteiger partial charge in [-0.2, -0.15) is 5.10 Å². The van der Waals surface area contributed by atoms with E-state index in [1.165, 1.54) is 12.4 Å². The van der Waals surface area contributed by atoms with Gasteiger partial charge in [0, 0.05) is 31.2 Å². The summed E-state index contributed by atoms with van der Waals surface area (Å²) in [6.07, 6.45) is 4.25. The standard InChI is InChI=1S/C15H17ClFN5O/c16-13-7-12(1-2-14(13)17)21-5-3-11(8-21)20-15(23)4-6-22-10-18-9-19-22/h1-2,7,9-11H,3-6,8H2,(H,20,23)/t11-/m1/s1. The van der Waals surface area contributed by atoms with E-state index in [0.717, 1.165) is 18.7 Å². The second-order valence-corrected chi connectivity index (χ2v) is 5.91. The van der Waals surface area contributed by atoms with Crippen molar-refractivity contribution in [3.63, 3.8) is 0 Å². The molecule has 23 heavy (non-hydrogen) atoms. The number of aromatic nitrogens is 3. The number of amides is 1. The maximum absolute atomic E-state index is 13.2. The van der Waals surface area contributed by atoms with Crippen LogP contribution in [0.3, 0.4) is 0 Å². The van der Waals surface area contributed by atoms with E-state index < -0.39 is 5.82 Å². The lowest BCUT2D eigenvalue weighted by atomic mass is 10.2. The monoisotopic (exact) mass is 337 g/mol. The summed E-state index contributed by atoms with van der Waals surface area (Å²) in [4.78, 5) is 17.9.